The molecular weight excluding hydrogens is 390 g/mol. The molecule has 0 saturated carbocycles. The Balaban J connectivity index is 1.75. The average Bonchev–Trinajstić information content (AvgIpc) is 3.02. The highest BCUT2D eigenvalue weighted by atomic mass is 32.2. The Morgan fingerprint density at radius 1 is 1.07 bits per heavy atom. The number of anilines is 1. The van der Waals surface area contributed by atoms with Crippen LogP contribution in [0.2, 0.25) is 0 Å². The number of benzene rings is 2. The summed E-state index contributed by atoms with van der Waals surface area (Å²) in [7, 11) is 0. The van der Waals surface area contributed by atoms with Gasteiger partial charge in [-0.2, -0.15) is 0 Å². The lowest BCUT2D eigenvalue weighted by Gasteiger charge is -2.07. The van der Waals surface area contributed by atoms with Crippen molar-refractivity contribution in [3.63, 3.8) is 0 Å². The predicted octanol–water partition coefficient (Wildman–Crippen LogP) is 4.85. The number of furan rings is 1. The number of carbonyl (C=O) groups excluding carboxylic acids is 3. The fourth-order valence-electron chi connectivity index (χ4n) is 3.02. The molecule has 0 fully saturated rings. The maximum absolute atomic E-state index is 12.4. The van der Waals surface area contributed by atoms with E-state index in [1.165, 1.54) is 18.7 Å². The number of hydrogen-bond acceptors (Lipinski definition) is 6. The van der Waals surface area contributed by atoms with Gasteiger partial charge in [-0.1, -0.05) is 30.3 Å². The molecule has 0 atom stereocenters. The first-order valence-electron chi connectivity index (χ1n) is 9.13. The molecule has 0 unspecified atom stereocenters. The molecule has 0 aliphatic heterocycles. The standard InChI is InChI=1S/C22H21NO5S/c1-4-27-22(26)20-19(13(2)24)14(3)28-21(20)23-18(25)12-29-17-10-9-15-7-5-6-8-16(15)11-17/h5-11H,4,12H2,1-3H3,(H,23,25). The third kappa shape index (κ3) is 4.68. The monoisotopic (exact) mass is 411 g/mol. The van der Waals surface area contributed by atoms with Gasteiger partial charge in [0.25, 0.3) is 0 Å². The first kappa shape index (κ1) is 20.7. The van der Waals surface area contributed by atoms with Crippen molar-refractivity contribution in [3.05, 3.63) is 59.4 Å². The van der Waals surface area contributed by atoms with E-state index in [0.717, 1.165) is 15.7 Å². The lowest BCUT2D eigenvalue weighted by molar-refractivity contribution is -0.113. The Bertz CT molecular complexity index is 1090. The van der Waals surface area contributed by atoms with Crippen molar-refractivity contribution in [2.75, 3.05) is 17.7 Å². The zero-order valence-corrected chi connectivity index (χ0v) is 17.2. The Kier molecular flexibility index (Phi) is 6.39. The van der Waals surface area contributed by atoms with Crippen LogP contribution in [0.3, 0.4) is 0 Å². The van der Waals surface area contributed by atoms with Gasteiger partial charge < -0.3 is 9.15 Å². The van der Waals surface area contributed by atoms with Gasteiger partial charge in [-0.05, 0) is 43.7 Å². The lowest BCUT2D eigenvalue weighted by atomic mass is 10.1. The van der Waals surface area contributed by atoms with Crippen LogP contribution >= 0.6 is 11.8 Å². The molecule has 6 nitrogen and oxygen atoms in total. The summed E-state index contributed by atoms with van der Waals surface area (Å²) in [5.74, 6) is -1.06. The molecule has 3 rings (SSSR count). The highest BCUT2D eigenvalue weighted by molar-refractivity contribution is 8.00. The Morgan fingerprint density at radius 2 is 1.79 bits per heavy atom. The minimum absolute atomic E-state index is 0.0408. The molecule has 1 heterocycles. The van der Waals surface area contributed by atoms with E-state index < -0.39 is 5.97 Å². The van der Waals surface area contributed by atoms with Gasteiger partial charge in [-0.15, -0.1) is 11.8 Å². The zero-order chi connectivity index (χ0) is 21.0. The van der Waals surface area contributed by atoms with Crippen LogP contribution in [0.1, 0.15) is 40.3 Å². The molecule has 0 aliphatic rings. The number of amides is 1. The summed E-state index contributed by atoms with van der Waals surface area (Å²) in [4.78, 5) is 37.6. The molecule has 1 amide bonds. The van der Waals surface area contributed by atoms with Crippen LogP contribution in [0.25, 0.3) is 10.8 Å². The molecule has 29 heavy (non-hydrogen) atoms. The zero-order valence-electron chi connectivity index (χ0n) is 16.4. The molecular formula is C22H21NO5S. The highest BCUT2D eigenvalue weighted by Gasteiger charge is 2.28. The molecule has 150 valence electrons. The van der Waals surface area contributed by atoms with Crippen molar-refractivity contribution in [3.8, 4) is 0 Å². The Morgan fingerprint density at radius 3 is 2.48 bits per heavy atom. The quantitative estimate of drug-likeness (QED) is 0.340. The van der Waals surface area contributed by atoms with Crippen molar-refractivity contribution >= 4 is 46.1 Å². The maximum atomic E-state index is 12.4. The molecule has 0 aliphatic carbocycles. The van der Waals surface area contributed by atoms with Crippen LogP contribution in [0, 0.1) is 6.92 Å². The summed E-state index contributed by atoms with van der Waals surface area (Å²) in [5, 5.41) is 4.81. The smallest absolute Gasteiger partial charge is 0.344 e. The number of hydrogen-bond donors (Lipinski definition) is 1. The van der Waals surface area contributed by atoms with Gasteiger partial charge in [0.1, 0.15) is 11.3 Å². The summed E-state index contributed by atoms with van der Waals surface area (Å²) < 4.78 is 10.5. The van der Waals surface area contributed by atoms with E-state index >= 15 is 0 Å². The number of ether oxygens (including phenoxy) is 1. The summed E-state index contributed by atoms with van der Waals surface area (Å²) in [6.07, 6.45) is 0. The molecule has 0 bridgehead atoms. The van der Waals surface area contributed by atoms with Gasteiger partial charge in [-0.3, -0.25) is 14.9 Å². The minimum Gasteiger partial charge on any atom is -0.462 e. The van der Waals surface area contributed by atoms with E-state index in [0.29, 0.717) is 0 Å². The normalized spacial score (nSPS) is 10.7. The fraction of sp³-hybridized carbons (Fsp3) is 0.227. The largest absolute Gasteiger partial charge is 0.462 e. The van der Waals surface area contributed by atoms with Crippen molar-refractivity contribution in [2.24, 2.45) is 0 Å². The van der Waals surface area contributed by atoms with Crippen LogP contribution < -0.4 is 5.32 Å². The summed E-state index contributed by atoms with van der Waals surface area (Å²) >= 11 is 1.37. The summed E-state index contributed by atoms with van der Waals surface area (Å²) in [5.41, 5.74) is 0.0850. The van der Waals surface area contributed by atoms with E-state index in [1.54, 1.807) is 13.8 Å². The van der Waals surface area contributed by atoms with Crippen LogP contribution in [-0.2, 0) is 9.53 Å². The van der Waals surface area contributed by atoms with Crippen LogP contribution in [0.4, 0.5) is 5.88 Å². The summed E-state index contributed by atoms with van der Waals surface area (Å²) in [6.45, 7) is 4.71. The van der Waals surface area contributed by atoms with Gasteiger partial charge in [-0.25, -0.2) is 4.79 Å². The molecule has 1 N–H and O–H groups in total. The van der Waals surface area contributed by atoms with E-state index in [1.807, 2.05) is 42.5 Å². The number of ketones is 1. The summed E-state index contributed by atoms with van der Waals surface area (Å²) in [6, 6.07) is 14.0. The van der Waals surface area contributed by atoms with Crippen LogP contribution in [-0.4, -0.2) is 30.0 Å². The maximum Gasteiger partial charge on any atom is 0.344 e. The Hall–Kier alpha value is -3.06. The number of Topliss-reactive ketones (excluding diaryl/α,β-unsaturated/α-hetero) is 1. The second-order valence-corrected chi connectivity index (χ2v) is 7.41. The highest BCUT2D eigenvalue weighted by Crippen LogP contribution is 2.29. The lowest BCUT2D eigenvalue weighted by Crippen LogP contribution is -2.17. The van der Waals surface area contributed by atoms with Crippen molar-refractivity contribution < 1.29 is 23.5 Å². The second-order valence-electron chi connectivity index (χ2n) is 6.36. The van der Waals surface area contributed by atoms with Crippen molar-refractivity contribution in [1.29, 1.82) is 0 Å². The SMILES string of the molecule is CCOC(=O)c1c(NC(=O)CSc2ccc3ccccc3c2)oc(C)c1C(C)=O. The molecule has 7 heteroatoms. The topological polar surface area (TPSA) is 85.6 Å². The fourth-order valence-corrected chi connectivity index (χ4v) is 3.77. The van der Waals surface area contributed by atoms with Gasteiger partial charge in [0.05, 0.1) is 17.9 Å². The Labute approximate surface area is 172 Å². The molecule has 2 aromatic carbocycles. The van der Waals surface area contributed by atoms with Gasteiger partial charge in [0, 0.05) is 4.90 Å². The van der Waals surface area contributed by atoms with Crippen LogP contribution in [0.15, 0.2) is 51.8 Å². The van der Waals surface area contributed by atoms with E-state index in [4.69, 9.17) is 9.15 Å². The number of aryl methyl sites for hydroxylation is 1. The van der Waals surface area contributed by atoms with E-state index in [2.05, 4.69) is 5.32 Å². The van der Waals surface area contributed by atoms with Crippen molar-refractivity contribution in [1.82, 2.24) is 0 Å². The van der Waals surface area contributed by atoms with E-state index in [-0.39, 0.29) is 46.8 Å². The predicted molar refractivity (Wildman–Crippen MR) is 113 cm³/mol. The van der Waals surface area contributed by atoms with Gasteiger partial charge in [0.2, 0.25) is 11.8 Å². The second kappa shape index (κ2) is 8.96. The molecule has 3 aromatic rings. The third-order valence-corrected chi connectivity index (χ3v) is 5.25. The van der Waals surface area contributed by atoms with E-state index in [9.17, 15) is 14.4 Å². The molecule has 1 aromatic heterocycles. The average molecular weight is 411 g/mol. The number of rotatable bonds is 7. The molecule has 0 radical (unpaired) electrons. The van der Waals surface area contributed by atoms with Gasteiger partial charge >= 0.3 is 5.97 Å². The first-order chi connectivity index (χ1) is 13.9. The van der Waals surface area contributed by atoms with Crippen molar-refractivity contribution in [2.45, 2.75) is 25.7 Å². The number of fused-ring (bicyclic) bond motifs is 1. The molecule has 0 saturated heterocycles. The number of carbonyl (C=O) groups is 3. The number of esters is 1. The number of nitrogens with one attached hydrogen (secondary N) is 1. The third-order valence-electron chi connectivity index (χ3n) is 4.26. The first-order valence-corrected chi connectivity index (χ1v) is 10.1. The minimum atomic E-state index is -0.702. The van der Waals surface area contributed by atoms with Gasteiger partial charge in [0.15, 0.2) is 5.78 Å². The number of thioether (sulfide) groups is 1. The molecule has 0 spiro atoms. The van der Waals surface area contributed by atoms with Crippen LogP contribution in [0.5, 0.6) is 0 Å².